The third kappa shape index (κ3) is 4.55. The molecule has 1 unspecified atom stereocenters. The molecule has 104 valence electrons. The van der Waals surface area contributed by atoms with E-state index in [1.54, 1.807) is 17.8 Å². The maximum absolute atomic E-state index is 12.2. The number of rotatable bonds is 8. The summed E-state index contributed by atoms with van der Waals surface area (Å²) >= 11 is 3.18. The van der Waals surface area contributed by atoms with Crippen LogP contribution in [0.15, 0.2) is 16.3 Å². The van der Waals surface area contributed by atoms with Gasteiger partial charge in [-0.15, -0.1) is 11.3 Å². The Morgan fingerprint density at radius 3 is 2.83 bits per heavy atom. The Bertz CT molecular complexity index is 457. The topological polar surface area (TPSA) is 58.2 Å². The van der Waals surface area contributed by atoms with E-state index in [-0.39, 0.29) is 6.04 Å². The Balaban J connectivity index is 2.76. The Hall–Kier alpha value is -0.0800. The molecule has 0 saturated heterocycles. The molecule has 7 heteroatoms. The lowest BCUT2D eigenvalue weighted by molar-refractivity contribution is 0.556. The summed E-state index contributed by atoms with van der Waals surface area (Å²) in [4.78, 5) is 1.25. The summed E-state index contributed by atoms with van der Waals surface area (Å²) in [5.41, 5.74) is 0. The molecule has 1 rings (SSSR count). The number of thiophene rings is 1. The molecule has 0 saturated carbocycles. The summed E-state index contributed by atoms with van der Waals surface area (Å²) < 4.78 is 27.2. The van der Waals surface area contributed by atoms with Gasteiger partial charge >= 0.3 is 0 Å². The number of nitrogens with one attached hydrogen (secondary N) is 2. The van der Waals surface area contributed by atoms with Gasteiger partial charge in [-0.05, 0) is 43.8 Å². The first kappa shape index (κ1) is 16.0. The maximum atomic E-state index is 12.2. The molecule has 0 fully saturated rings. The Labute approximate surface area is 118 Å². The van der Waals surface area contributed by atoms with Crippen LogP contribution < -0.4 is 10.0 Å². The van der Waals surface area contributed by atoms with Crippen LogP contribution in [-0.2, 0) is 16.6 Å². The van der Waals surface area contributed by atoms with Crippen LogP contribution in [-0.4, -0.2) is 33.5 Å². The van der Waals surface area contributed by atoms with Gasteiger partial charge in [0.2, 0.25) is 10.0 Å². The zero-order valence-electron chi connectivity index (χ0n) is 10.9. The summed E-state index contributed by atoms with van der Waals surface area (Å²) in [5, 5.41) is 4.80. The highest BCUT2D eigenvalue weighted by Crippen LogP contribution is 2.22. The molecule has 0 amide bonds. The van der Waals surface area contributed by atoms with Crippen LogP contribution in [0.3, 0.4) is 0 Å². The van der Waals surface area contributed by atoms with Gasteiger partial charge in [0.1, 0.15) is 0 Å². The second kappa shape index (κ2) is 7.49. The molecule has 1 aromatic heterocycles. The minimum atomic E-state index is -3.39. The zero-order chi connectivity index (χ0) is 13.6. The SMILES string of the molecule is CNCc1sccc1S(=O)(=O)NC(C)CCSC. The van der Waals surface area contributed by atoms with Crippen LogP contribution in [0, 0.1) is 0 Å². The summed E-state index contributed by atoms with van der Waals surface area (Å²) in [6, 6.07) is 1.63. The molecule has 18 heavy (non-hydrogen) atoms. The van der Waals surface area contributed by atoms with Gasteiger partial charge in [-0.2, -0.15) is 11.8 Å². The van der Waals surface area contributed by atoms with Crippen molar-refractivity contribution < 1.29 is 8.42 Å². The highest BCUT2D eigenvalue weighted by molar-refractivity contribution is 7.98. The average molecular weight is 308 g/mol. The molecule has 4 nitrogen and oxygen atoms in total. The summed E-state index contributed by atoms with van der Waals surface area (Å²) in [6.45, 7) is 2.48. The monoisotopic (exact) mass is 308 g/mol. The molecule has 1 atom stereocenters. The van der Waals surface area contributed by atoms with Crippen molar-refractivity contribution >= 4 is 33.1 Å². The third-order valence-electron chi connectivity index (χ3n) is 2.44. The molecule has 0 aliphatic carbocycles. The maximum Gasteiger partial charge on any atom is 0.241 e. The molecular formula is C11H20N2O2S3. The Kier molecular flexibility index (Phi) is 6.65. The van der Waals surface area contributed by atoms with E-state index in [0.717, 1.165) is 17.1 Å². The van der Waals surface area contributed by atoms with Crippen LogP contribution in [0.1, 0.15) is 18.2 Å². The summed E-state index contributed by atoms with van der Waals surface area (Å²) in [5.74, 6) is 0.955. The fraction of sp³-hybridized carbons (Fsp3) is 0.636. The van der Waals surface area contributed by atoms with E-state index in [0.29, 0.717) is 11.4 Å². The minimum absolute atomic E-state index is 0.0372. The lowest BCUT2D eigenvalue weighted by Crippen LogP contribution is -2.33. The first-order valence-corrected chi connectivity index (χ1v) is 9.49. The van der Waals surface area contributed by atoms with Gasteiger partial charge in [0.05, 0.1) is 4.90 Å². The van der Waals surface area contributed by atoms with E-state index in [1.807, 2.05) is 25.6 Å². The molecular weight excluding hydrogens is 288 g/mol. The smallest absolute Gasteiger partial charge is 0.241 e. The second-order valence-electron chi connectivity index (χ2n) is 4.04. The Morgan fingerprint density at radius 1 is 1.50 bits per heavy atom. The largest absolute Gasteiger partial charge is 0.315 e. The van der Waals surface area contributed by atoms with E-state index < -0.39 is 10.0 Å². The lowest BCUT2D eigenvalue weighted by Gasteiger charge is -2.14. The van der Waals surface area contributed by atoms with Crippen molar-refractivity contribution in [2.45, 2.75) is 30.8 Å². The van der Waals surface area contributed by atoms with Crippen LogP contribution in [0.2, 0.25) is 0 Å². The van der Waals surface area contributed by atoms with Gasteiger partial charge < -0.3 is 5.32 Å². The number of hydrogen-bond donors (Lipinski definition) is 2. The van der Waals surface area contributed by atoms with Crippen LogP contribution >= 0.6 is 23.1 Å². The molecule has 0 aliphatic heterocycles. The van der Waals surface area contributed by atoms with E-state index >= 15 is 0 Å². The normalized spacial score (nSPS) is 13.7. The fourth-order valence-corrected chi connectivity index (χ4v) is 4.86. The molecule has 0 aliphatic rings. The summed E-state index contributed by atoms with van der Waals surface area (Å²) in [7, 11) is -1.58. The number of sulfonamides is 1. The predicted molar refractivity (Wildman–Crippen MR) is 79.9 cm³/mol. The molecule has 2 N–H and O–H groups in total. The molecule has 0 aromatic carbocycles. The van der Waals surface area contributed by atoms with Crippen molar-refractivity contribution in [3.63, 3.8) is 0 Å². The number of thioether (sulfide) groups is 1. The third-order valence-corrected chi connectivity index (χ3v) is 5.81. The van der Waals surface area contributed by atoms with Gasteiger partial charge in [0, 0.05) is 17.5 Å². The van der Waals surface area contributed by atoms with Crippen molar-refractivity contribution in [1.29, 1.82) is 0 Å². The quantitative estimate of drug-likeness (QED) is 0.770. The average Bonchev–Trinajstić information content (AvgIpc) is 2.75. The van der Waals surface area contributed by atoms with Crippen LogP contribution in [0.5, 0.6) is 0 Å². The number of hydrogen-bond acceptors (Lipinski definition) is 5. The van der Waals surface area contributed by atoms with E-state index in [1.165, 1.54) is 11.3 Å². The van der Waals surface area contributed by atoms with Crippen molar-refractivity contribution in [3.05, 3.63) is 16.3 Å². The van der Waals surface area contributed by atoms with Crippen LogP contribution in [0.25, 0.3) is 0 Å². The fourth-order valence-electron chi connectivity index (χ4n) is 1.54. The van der Waals surface area contributed by atoms with E-state index in [4.69, 9.17) is 0 Å². The Morgan fingerprint density at radius 2 is 2.22 bits per heavy atom. The first-order valence-electron chi connectivity index (χ1n) is 5.73. The molecule has 0 spiro atoms. The van der Waals surface area contributed by atoms with Crippen molar-refractivity contribution in [2.24, 2.45) is 0 Å². The van der Waals surface area contributed by atoms with Crippen molar-refractivity contribution in [1.82, 2.24) is 10.0 Å². The van der Waals surface area contributed by atoms with Gasteiger partial charge in [0.25, 0.3) is 0 Å². The van der Waals surface area contributed by atoms with Gasteiger partial charge in [-0.3, -0.25) is 0 Å². The molecule has 0 bridgehead atoms. The zero-order valence-corrected chi connectivity index (χ0v) is 13.3. The molecule has 1 aromatic rings. The highest BCUT2D eigenvalue weighted by atomic mass is 32.2. The lowest BCUT2D eigenvalue weighted by atomic mass is 10.3. The summed E-state index contributed by atoms with van der Waals surface area (Å²) in [6.07, 6.45) is 2.86. The molecule has 1 heterocycles. The van der Waals surface area contributed by atoms with Crippen molar-refractivity contribution in [2.75, 3.05) is 19.1 Å². The van der Waals surface area contributed by atoms with Gasteiger partial charge in [-0.1, -0.05) is 0 Å². The van der Waals surface area contributed by atoms with Gasteiger partial charge in [-0.25, -0.2) is 13.1 Å². The van der Waals surface area contributed by atoms with Gasteiger partial charge in [0.15, 0.2) is 0 Å². The first-order chi connectivity index (χ1) is 8.51. The highest BCUT2D eigenvalue weighted by Gasteiger charge is 2.21. The van der Waals surface area contributed by atoms with Crippen molar-refractivity contribution in [3.8, 4) is 0 Å². The van der Waals surface area contributed by atoms with E-state index in [2.05, 4.69) is 10.0 Å². The molecule has 0 radical (unpaired) electrons. The minimum Gasteiger partial charge on any atom is -0.315 e. The van der Waals surface area contributed by atoms with E-state index in [9.17, 15) is 8.42 Å². The standard InChI is InChI=1S/C11H20N2O2S3/c1-9(4-6-16-3)13-18(14,15)11-5-7-17-10(11)8-12-2/h5,7,9,12-13H,4,6,8H2,1-3H3. The second-order valence-corrected chi connectivity index (χ2v) is 7.71. The van der Waals surface area contributed by atoms with Crippen LogP contribution in [0.4, 0.5) is 0 Å². The predicted octanol–water partition coefficient (Wildman–Crippen LogP) is 1.89.